The molecule has 3 rings (SSSR count). The fourth-order valence-electron chi connectivity index (χ4n) is 2.63. The predicted octanol–water partition coefficient (Wildman–Crippen LogP) is 3.85. The van der Waals surface area contributed by atoms with E-state index in [1.807, 2.05) is 42.1 Å². The summed E-state index contributed by atoms with van der Waals surface area (Å²) in [6.45, 7) is 0. The number of hydrogen-bond acceptors (Lipinski definition) is 3. The number of aryl methyl sites for hydroxylation is 1. The summed E-state index contributed by atoms with van der Waals surface area (Å²) in [5, 5.41) is 2.98. The van der Waals surface area contributed by atoms with Crippen LogP contribution in [0, 0.1) is 5.82 Å². The van der Waals surface area contributed by atoms with Crippen LogP contribution in [-0.4, -0.2) is 22.6 Å². The Balaban J connectivity index is 1.95. The van der Waals surface area contributed by atoms with E-state index in [9.17, 15) is 9.18 Å². The number of methoxy groups -OCH3 is 1. The van der Waals surface area contributed by atoms with Crippen molar-refractivity contribution in [2.45, 2.75) is 6.04 Å². The van der Waals surface area contributed by atoms with Crippen LogP contribution in [-0.2, 0) is 7.05 Å². The van der Waals surface area contributed by atoms with Crippen LogP contribution in [0.4, 0.5) is 4.39 Å². The molecule has 2 aromatic carbocycles. The van der Waals surface area contributed by atoms with E-state index in [-0.39, 0.29) is 5.91 Å². The maximum Gasteiger partial charge on any atom is 0.253 e. The minimum Gasteiger partial charge on any atom is -0.497 e. The second-order valence-corrected chi connectivity index (χ2v) is 6.55. The van der Waals surface area contributed by atoms with Gasteiger partial charge >= 0.3 is 0 Å². The highest BCUT2D eigenvalue weighted by molar-refractivity contribution is 9.10. The molecule has 3 aromatic rings. The van der Waals surface area contributed by atoms with Crippen molar-refractivity contribution in [1.29, 1.82) is 0 Å². The number of rotatable bonds is 5. The molecule has 0 spiro atoms. The largest absolute Gasteiger partial charge is 0.497 e. The van der Waals surface area contributed by atoms with Gasteiger partial charge in [-0.2, -0.15) is 0 Å². The van der Waals surface area contributed by atoms with Gasteiger partial charge in [-0.25, -0.2) is 9.37 Å². The number of benzene rings is 2. The first-order chi connectivity index (χ1) is 12.5. The van der Waals surface area contributed by atoms with Crippen molar-refractivity contribution in [2.75, 3.05) is 7.11 Å². The number of imidazole rings is 1. The summed E-state index contributed by atoms with van der Waals surface area (Å²) in [5.41, 5.74) is 1.20. The first kappa shape index (κ1) is 18.1. The summed E-state index contributed by atoms with van der Waals surface area (Å²) in [4.78, 5) is 17.1. The molecular weight excluding hydrogens is 401 g/mol. The van der Waals surface area contributed by atoms with Crippen LogP contribution in [0.15, 0.2) is 59.3 Å². The van der Waals surface area contributed by atoms with Crippen LogP contribution in [0.3, 0.4) is 0 Å². The lowest BCUT2D eigenvalue weighted by atomic mass is 10.0. The zero-order chi connectivity index (χ0) is 18.7. The third kappa shape index (κ3) is 3.77. The third-order valence-electron chi connectivity index (χ3n) is 4.02. The van der Waals surface area contributed by atoms with Crippen molar-refractivity contribution in [3.63, 3.8) is 0 Å². The summed E-state index contributed by atoms with van der Waals surface area (Å²) in [5.74, 6) is 0.659. The van der Waals surface area contributed by atoms with E-state index in [2.05, 4.69) is 26.2 Å². The first-order valence-corrected chi connectivity index (χ1v) is 8.66. The smallest absolute Gasteiger partial charge is 0.253 e. The van der Waals surface area contributed by atoms with E-state index < -0.39 is 11.9 Å². The topological polar surface area (TPSA) is 56.1 Å². The van der Waals surface area contributed by atoms with E-state index >= 15 is 0 Å². The summed E-state index contributed by atoms with van der Waals surface area (Å²) in [6, 6.07) is 10.9. The molecule has 1 aromatic heterocycles. The van der Waals surface area contributed by atoms with Crippen LogP contribution in [0.25, 0.3) is 0 Å². The van der Waals surface area contributed by atoms with Gasteiger partial charge in [-0.1, -0.05) is 12.1 Å². The van der Waals surface area contributed by atoms with Crippen molar-refractivity contribution in [3.8, 4) is 5.75 Å². The van der Waals surface area contributed by atoms with Gasteiger partial charge in [0.15, 0.2) is 0 Å². The molecule has 134 valence electrons. The predicted molar refractivity (Wildman–Crippen MR) is 99.6 cm³/mol. The average molecular weight is 418 g/mol. The molecule has 1 heterocycles. The van der Waals surface area contributed by atoms with Crippen LogP contribution in [0.5, 0.6) is 5.75 Å². The van der Waals surface area contributed by atoms with Crippen molar-refractivity contribution >= 4 is 21.8 Å². The van der Waals surface area contributed by atoms with Gasteiger partial charge in [-0.05, 0) is 51.8 Å². The molecule has 1 unspecified atom stereocenters. The van der Waals surface area contributed by atoms with Gasteiger partial charge < -0.3 is 14.6 Å². The molecule has 0 aliphatic rings. The number of hydrogen-bond donors (Lipinski definition) is 1. The maximum absolute atomic E-state index is 13.3. The summed E-state index contributed by atoms with van der Waals surface area (Å²) >= 11 is 3.24. The lowest BCUT2D eigenvalue weighted by Gasteiger charge is -2.20. The number of halogens is 2. The molecule has 1 N–H and O–H groups in total. The average Bonchev–Trinajstić information content (AvgIpc) is 3.05. The number of nitrogens with zero attached hydrogens (tertiary/aromatic N) is 2. The fraction of sp³-hybridized carbons (Fsp3) is 0.158. The number of nitrogens with one attached hydrogen (secondary N) is 1. The molecule has 1 amide bonds. The van der Waals surface area contributed by atoms with Crippen molar-refractivity contribution in [2.24, 2.45) is 7.05 Å². The highest BCUT2D eigenvalue weighted by atomic mass is 79.9. The Morgan fingerprint density at radius 2 is 2.00 bits per heavy atom. The van der Waals surface area contributed by atoms with Crippen molar-refractivity contribution in [1.82, 2.24) is 14.9 Å². The molecule has 0 aliphatic heterocycles. The Labute approximate surface area is 159 Å². The molecule has 0 saturated heterocycles. The molecule has 0 radical (unpaired) electrons. The maximum atomic E-state index is 13.3. The summed E-state index contributed by atoms with van der Waals surface area (Å²) in [7, 11) is 3.46. The lowest BCUT2D eigenvalue weighted by molar-refractivity contribution is 0.0940. The SMILES string of the molecule is COc1ccc(C(NC(=O)c2ccc(F)cc2Br)c2nccn2C)cc1. The van der Waals surface area contributed by atoms with E-state index in [4.69, 9.17) is 4.74 Å². The van der Waals surface area contributed by atoms with Gasteiger partial charge in [-0.15, -0.1) is 0 Å². The Bertz CT molecular complexity index is 925. The molecule has 5 nitrogen and oxygen atoms in total. The zero-order valence-corrected chi connectivity index (χ0v) is 15.8. The van der Waals surface area contributed by atoms with E-state index in [0.717, 1.165) is 11.3 Å². The Morgan fingerprint density at radius 3 is 2.58 bits per heavy atom. The van der Waals surface area contributed by atoms with Gasteiger partial charge in [-0.3, -0.25) is 4.79 Å². The number of amides is 1. The molecule has 0 fully saturated rings. The first-order valence-electron chi connectivity index (χ1n) is 7.86. The van der Waals surface area contributed by atoms with Gasteiger partial charge in [0.25, 0.3) is 5.91 Å². The standard InChI is InChI=1S/C19H17BrFN3O2/c1-24-10-9-22-18(24)17(12-3-6-14(26-2)7-4-12)23-19(25)15-8-5-13(21)11-16(15)20/h3-11,17H,1-2H3,(H,23,25). The second-order valence-electron chi connectivity index (χ2n) is 5.70. The van der Waals surface area contributed by atoms with E-state index in [0.29, 0.717) is 15.9 Å². The number of ether oxygens (including phenoxy) is 1. The van der Waals surface area contributed by atoms with Crippen molar-refractivity contribution < 1.29 is 13.9 Å². The number of aromatic nitrogens is 2. The summed E-state index contributed by atoms with van der Waals surface area (Å²) < 4.78 is 20.7. The minimum absolute atomic E-state index is 0.333. The molecular formula is C19H17BrFN3O2. The second kappa shape index (κ2) is 7.70. The monoisotopic (exact) mass is 417 g/mol. The van der Waals surface area contributed by atoms with Crippen LogP contribution < -0.4 is 10.1 Å². The quantitative estimate of drug-likeness (QED) is 0.685. The van der Waals surface area contributed by atoms with E-state index in [1.54, 1.807) is 13.3 Å². The Morgan fingerprint density at radius 1 is 1.27 bits per heavy atom. The van der Waals surface area contributed by atoms with Gasteiger partial charge in [0, 0.05) is 23.9 Å². The van der Waals surface area contributed by atoms with Gasteiger partial charge in [0.05, 0.1) is 12.7 Å². The Kier molecular flexibility index (Phi) is 5.37. The zero-order valence-electron chi connectivity index (χ0n) is 14.2. The highest BCUT2D eigenvalue weighted by Crippen LogP contribution is 2.25. The molecule has 26 heavy (non-hydrogen) atoms. The minimum atomic E-state index is -0.467. The number of carbonyl (C=O) groups is 1. The van der Waals surface area contributed by atoms with Crippen LogP contribution in [0.1, 0.15) is 27.8 Å². The van der Waals surface area contributed by atoms with Gasteiger partial charge in [0.2, 0.25) is 0 Å². The molecule has 0 bridgehead atoms. The van der Waals surface area contributed by atoms with Crippen LogP contribution >= 0.6 is 15.9 Å². The third-order valence-corrected chi connectivity index (χ3v) is 4.67. The van der Waals surface area contributed by atoms with Crippen molar-refractivity contribution in [3.05, 3.63) is 82.1 Å². The number of carbonyl (C=O) groups excluding carboxylic acids is 1. The van der Waals surface area contributed by atoms with Gasteiger partial charge in [0.1, 0.15) is 23.4 Å². The normalized spacial score (nSPS) is 11.8. The summed E-state index contributed by atoms with van der Waals surface area (Å²) in [6.07, 6.45) is 3.48. The highest BCUT2D eigenvalue weighted by Gasteiger charge is 2.22. The van der Waals surface area contributed by atoms with E-state index in [1.165, 1.54) is 18.2 Å². The molecule has 1 atom stereocenters. The lowest BCUT2D eigenvalue weighted by Crippen LogP contribution is -2.31. The fourth-order valence-corrected chi connectivity index (χ4v) is 3.16. The molecule has 0 aliphatic carbocycles. The molecule has 0 saturated carbocycles. The molecule has 7 heteroatoms. The Hall–Kier alpha value is -2.67. The van der Waals surface area contributed by atoms with Crippen LogP contribution in [0.2, 0.25) is 0 Å².